The van der Waals surface area contributed by atoms with E-state index in [0.717, 1.165) is 6.42 Å². The highest BCUT2D eigenvalue weighted by molar-refractivity contribution is 5.96. The Labute approximate surface area is 260 Å². The van der Waals surface area contributed by atoms with Gasteiger partial charge in [-0.2, -0.15) is 5.10 Å². The summed E-state index contributed by atoms with van der Waals surface area (Å²) in [6.07, 6.45) is 0.591. The Kier molecular flexibility index (Phi) is 10.9. The number of nitrogens with zero attached hydrogens (tertiary/aromatic N) is 4. The number of esters is 1. The lowest BCUT2D eigenvalue weighted by atomic mass is 9.80. The number of ether oxygens (including phenoxy) is 4. The van der Waals surface area contributed by atoms with Crippen molar-refractivity contribution in [1.29, 1.82) is 0 Å². The summed E-state index contributed by atoms with van der Waals surface area (Å²) in [4.78, 5) is 66.3. The van der Waals surface area contributed by atoms with Crippen LogP contribution in [0.1, 0.15) is 56.4 Å². The minimum absolute atomic E-state index is 0.102. The summed E-state index contributed by atoms with van der Waals surface area (Å²) in [5, 5.41) is 16.4. The number of hydrogen-bond donors (Lipinski definition) is 2. The molecular weight excluding hydrogens is 590 g/mol. The van der Waals surface area contributed by atoms with Crippen molar-refractivity contribution in [2.24, 2.45) is 0 Å². The number of carbonyl (C=O) groups is 5. The topological polar surface area (TPSA) is 179 Å². The van der Waals surface area contributed by atoms with E-state index in [1.807, 2.05) is 0 Å². The number of benzene rings is 1. The van der Waals surface area contributed by atoms with Gasteiger partial charge in [-0.1, -0.05) is 6.07 Å². The summed E-state index contributed by atoms with van der Waals surface area (Å²) in [5.74, 6) is -2.24. The van der Waals surface area contributed by atoms with Gasteiger partial charge in [0.2, 0.25) is 17.4 Å². The molecule has 1 saturated heterocycles. The Hall–Kier alpha value is -4.82. The molecule has 4 rings (SSSR count). The van der Waals surface area contributed by atoms with Gasteiger partial charge < -0.3 is 39.2 Å². The van der Waals surface area contributed by atoms with E-state index in [1.165, 1.54) is 27.7 Å². The summed E-state index contributed by atoms with van der Waals surface area (Å²) >= 11 is 0. The molecule has 45 heavy (non-hydrogen) atoms. The molecule has 1 saturated carbocycles. The summed E-state index contributed by atoms with van der Waals surface area (Å²) in [6, 6.07) is 7.05. The third-order valence-electron chi connectivity index (χ3n) is 7.68. The lowest BCUT2D eigenvalue weighted by molar-refractivity contribution is -0.170. The summed E-state index contributed by atoms with van der Waals surface area (Å²) < 4.78 is 23.2. The van der Waals surface area contributed by atoms with E-state index in [4.69, 9.17) is 18.9 Å². The first kappa shape index (κ1) is 33.1. The summed E-state index contributed by atoms with van der Waals surface area (Å²) in [5.41, 5.74) is -0.863. The average molecular weight is 630 g/mol. The predicted molar refractivity (Wildman–Crippen MR) is 157 cm³/mol. The largest absolute Gasteiger partial charge is 0.497 e. The molecule has 15 heteroatoms. The Morgan fingerprint density at radius 1 is 1.00 bits per heavy atom. The fraction of sp³-hybridized carbons (Fsp3) is 0.533. The molecule has 1 aliphatic carbocycles. The van der Waals surface area contributed by atoms with E-state index in [1.54, 1.807) is 38.1 Å². The number of amides is 3. The van der Waals surface area contributed by atoms with Crippen LogP contribution in [0, 0.1) is 0 Å². The van der Waals surface area contributed by atoms with E-state index < -0.39 is 41.5 Å². The van der Waals surface area contributed by atoms with Crippen LogP contribution in [-0.4, -0.2) is 113 Å². The molecule has 1 aliphatic heterocycles. The fourth-order valence-corrected chi connectivity index (χ4v) is 5.09. The molecule has 244 valence electrons. The van der Waals surface area contributed by atoms with Gasteiger partial charge in [-0.25, -0.2) is 14.3 Å². The van der Waals surface area contributed by atoms with E-state index >= 15 is 0 Å². The van der Waals surface area contributed by atoms with E-state index in [2.05, 4.69) is 10.4 Å². The van der Waals surface area contributed by atoms with Crippen LogP contribution in [0.3, 0.4) is 0 Å². The molecule has 0 bridgehead atoms. The molecule has 2 N–H and O–H groups in total. The number of aliphatic carboxylic acids is 1. The Bertz CT molecular complexity index is 1400. The molecule has 15 nitrogen and oxygen atoms in total. The molecule has 1 aromatic carbocycles. The van der Waals surface area contributed by atoms with Crippen LogP contribution in [0.15, 0.2) is 30.3 Å². The van der Waals surface area contributed by atoms with Gasteiger partial charge in [0.25, 0.3) is 5.91 Å². The van der Waals surface area contributed by atoms with Crippen LogP contribution in [0.5, 0.6) is 11.6 Å². The van der Waals surface area contributed by atoms with Crippen molar-refractivity contribution in [3.63, 3.8) is 0 Å². The van der Waals surface area contributed by atoms with E-state index in [-0.39, 0.29) is 63.8 Å². The first-order valence-corrected chi connectivity index (χ1v) is 14.9. The van der Waals surface area contributed by atoms with Gasteiger partial charge in [-0.3, -0.25) is 14.4 Å². The summed E-state index contributed by atoms with van der Waals surface area (Å²) in [6.45, 7) is 4.66. The molecular formula is C30H39N5O10. The number of carboxylic acids is 1. The first-order chi connectivity index (χ1) is 21.6. The number of carboxylic acid groups (broad SMARTS) is 1. The molecule has 1 unspecified atom stereocenters. The number of rotatable bonds is 13. The van der Waals surface area contributed by atoms with Gasteiger partial charge in [0.15, 0.2) is 5.69 Å². The van der Waals surface area contributed by atoms with Crippen molar-refractivity contribution in [2.45, 2.75) is 57.6 Å². The fourth-order valence-electron chi connectivity index (χ4n) is 5.09. The number of carbonyl (C=O) groups excluding carboxylic acids is 4. The lowest BCUT2D eigenvalue weighted by Crippen LogP contribution is -2.56. The van der Waals surface area contributed by atoms with Gasteiger partial charge in [-0.15, -0.1) is 0 Å². The molecule has 3 amide bonds. The maximum Gasteiger partial charge on any atom is 0.409 e. The van der Waals surface area contributed by atoms with Crippen molar-refractivity contribution < 1.29 is 48.0 Å². The van der Waals surface area contributed by atoms with Crippen molar-refractivity contribution >= 4 is 29.8 Å². The van der Waals surface area contributed by atoms with Crippen LogP contribution in [-0.2, 0) is 23.9 Å². The Morgan fingerprint density at radius 3 is 2.29 bits per heavy atom. The second-order valence-corrected chi connectivity index (χ2v) is 10.6. The minimum Gasteiger partial charge on any atom is -0.497 e. The van der Waals surface area contributed by atoms with Crippen LogP contribution >= 0.6 is 0 Å². The van der Waals surface area contributed by atoms with Crippen molar-refractivity contribution in [2.75, 3.05) is 46.5 Å². The third kappa shape index (κ3) is 7.83. The molecule has 0 radical (unpaired) electrons. The standard InChI is InChI=1S/C30H39N5O10/c1-4-43-28(40)30(12-7-13-30)45-24-19-23(32-35(24)20-8-6-9-21(18-20)42-3)26(38)31-22(10-11-25(36)37)27(39)33-14-16-34(17-15-33)29(41)44-5-2/h6,8-9,18-19,22H,4-5,7,10-17H2,1-3H3,(H,31,38)(H,36,37). The monoisotopic (exact) mass is 629 g/mol. The van der Waals surface area contributed by atoms with Gasteiger partial charge in [0.1, 0.15) is 11.8 Å². The number of piperazine rings is 1. The minimum atomic E-state index is -1.23. The first-order valence-electron chi connectivity index (χ1n) is 14.9. The molecule has 2 aromatic rings. The van der Waals surface area contributed by atoms with E-state index in [9.17, 15) is 29.1 Å². The number of methoxy groups -OCH3 is 1. The van der Waals surface area contributed by atoms with Gasteiger partial charge >= 0.3 is 18.0 Å². The third-order valence-corrected chi connectivity index (χ3v) is 7.68. The summed E-state index contributed by atoms with van der Waals surface area (Å²) in [7, 11) is 1.51. The molecule has 2 fully saturated rings. The molecule has 2 aliphatic rings. The predicted octanol–water partition coefficient (Wildman–Crippen LogP) is 2.01. The quantitative estimate of drug-likeness (QED) is 0.310. The zero-order valence-corrected chi connectivity index (χ0v) is 25.7. The normalized spacial score (nSPS) is 16.2. The smallest absolute Gasteiger partial charge is 0.409 e. The lowest BCUT2D eigenvalue weighted by Gasteiger charge is -2.38. The molecule has 0 spiro atoms. The van der Waals surface area contributed by atoms with Crippen molar-refractivity contribution in [1.82, 2.24) is 24.9 Å². The van der Waals surface area contributed by atoms with Crippen LogP contribution in [0.2, 0.25) is 0 Å². The van der Waals surface area contributed by atoms with Crippen molar-refractivity contribution in [3.8, 4) is 17.3 Å². The van der Waals surface area contributed by atoms with Crippen LogP contribution in [0.4, 0.5) is 4.79 Å². The molecule has 1 atom stereocenters. The van der Waals surface area contributed by atoms with Gasteiger partial charge in [0.05, 0.1) is 26.0 Å². The van der Waals surface area contributed by atoms with Crippen LogP contribution < -0.4 is 14.8 Å². The Morgan fingerprint density at radius 2 is 1.69 bits per heavy atom. The zero-order chi connectivity index (χ0) is 32.6. The van der Waals surface area contributed by atoms with Crippen LogP contribution in [0.25, 0.3) is 5.69 Å². The SMILES string of the molecule is CCOC(=O)N1CCN(C(=O)C(CCC(=O)O)NC(=O)c2cc(OC3(C(=O)OCC)CCC3)n(-c3cccc(OC)c3)n2)CC1. The second kappa shape index (κ2) is 14.8. The highest BCUT2D eigenvalue weighted by Crippen LogP contribution is 2.39. The second-order valence-electron chi connectivity index (χ2n) is 10.6. The van der Waals surface area contributed by atoms with E-state index in [0.29, 0.717) is 24.3 Å². The van der Waals surface area contributed by atoms with Crippen molar-refractivity contribution in [3.05, 3.63) is 36.0 Å². The Balaban J connectivity index is 1.58. The average Bonchev–Trinajstić information content (AvgIpc) is 3.44. The maximum absolute atomic E-state index is 13.6. The number of nitrogens with one attached hydrogen (secondary N) is 1. The number of hydrogen-bond acceptors (Lipinski definition) is 10. The molecule has 2 heterocycles. The van der Waals surface area contributed by atoms with Gasteiger partial charge in [0, 0.05) is 44.7 Å². The zero-order valence-electron chi connectivity index (χ0n) is 25.7. The highest BCUT2D eigenvalue weighted by Gasteiger charge is 2.49. The van der Waals surface area contributed by atoms with Gasteiger partial charge in [-0.05, 0) is 51.7 Å². The maximum atomic E-state index is 13.6. The highest BCUT2D eigenvalue weighted by atomic mass is 16.6. The number of aromatic nitrogens is 2. The molecule has 1 aromatic heterocycles.